The minimum Gasteiger partial charge on any atom is -0.461 e. The molecule has 1 aromatic rings. The molecule has 0 atom stereocenters. The van der Waals surface area contributed by atoms with Gasteiger partial charge in [0.1, 0.15) is 0 Å². The van der Waals surface area contributed by atoms with Crippen LogP contribution in [-0.4, -0.2) is 17.8 Å². The van der Waals surface area contributed by atoms with E-state index in [1.165, 1.54) is 6.26 Å². The van der Waals surface area contributed by atoms with Crippen LogP contribution in [-0.2, 0) is 0 Å². The quantitative estimate of drug-likeness (QED) is 0.570. The van der Waals surface area contributed by atoms with Crippen molar-refractivity contribution in [3.05, 3.63) is 34.5 Å². The first-order chi connectivity index (χ1) is 6.77. The van der Waals surface area contributed by atoms with E-state index < -0.39 is 0 Å². The monoisotopic (exact) mass is 228 g/mol. The topological polar surface area (TPSA) is 30.2 Å². The van der Waals surface area contributed by atoms with E-state index >= 15 is 0 Å². The Morgan fingerprint density at radius 3 is 2.93 bits per heavy atom. The first-order valence-electron chi connectivity index (χ1n) is 4.24. The fourth-order valence-corrected chi connectivity index (χ4v) is 2.42. The van der Waals surface area contributed by atoms with Crippen LogP contribution in [0.4, 0.5) is 0 Å². The van der Waals surface area contributed by atoms with Crippen LogP contribution in [0.1, 0.15) is 17.5 Å². The number of furan rings is 1. The van der Waals surface area contributed by atoms with Crippen molar-refractivity contribution in [2.75, 3.05) is 12.0 Å². The molecule has 0 bridgehead atoms. The molecule has 76 valence electrons. The number of allylic oxidation sites excluding steroid dienone is 1. The van der Waals surface area contributed by atoms with Crippen molar-refractivity contribution in [3.63, 3.8) is 0 Å². The number of hydrogen-bond acceptors (Lipinski definition) is 4. The average molecular weight is 228 g/mol. The molecule has 0 spiro atoms. The number of carbonyl (C=O) groups is 1. The lowest BCUT2D eigenvalue weighted by Crippen LogP contribution is -1.91. The van der Waals surface area contributed by atoms with Crippen molar-refractivity contribution in [3.8, 4) is 0 Å². The molecule has 0 unspecified atom stereocenters. The summed E-state index contributed by atoms with van der Waals surface area (Å²) in [6, 6.07) is 3.39. The number of hydrogen-bond donors (Lipinski definition) is 0. The summed E-state index contributed by atoms with van der Waals surface area (Å²) in [4.78, 5) is 11.6. The van der Waals surface area contributed by atoms with E-state index in [1.54, 1.807) is 41.7 Å². The van der Waals surface area contributed by atoms with Gasteiger partial charge in [-0.1, -0.05) is 6.92 Å². The van der Waals surface area contributed by atoms with Gasteiger partial charge in [0.2, 0.25) is 5.78 Å². The van der Waals surface area contributed by atoms with Crippen LogP contribution in [0, 0.1) is 0 Å². The summed E-state index contributed by atoms with van der Waals surface area (Å²) in [5.41, 5.74) is 0. The van der Waals surface area contributed by atoms with Crippen molar-refractivity contribution in [2.24, 2.45) is 0 Å². The smallest absolute Gasteiger partial charge is 0.222 e. The summed E-state index contributed by atoms with van der Waals surface area (Å²) in [7, 11) is 0. The molecule has 0 amide bonds. The van der Waals surface area contributed by atoms with E-state index in [-0.39, 0.29) is 5.78 Å². The highest BCUT2D eigenvalue weighted by molar-refractivity contribution is 8.22. The highest BCUT2D eigenvalue weighted by Crippen LogP contribution is 2.26. The van der Waals surface area contributed by atoms with Crippen LogP contribution < -0.4 is 0 Å². The number of ketones is 1. The fraction of sp³-hybridized carbons (Fsp3) is 0.300. The maximum absolute atomic E-state index is 11.6. The predicted molar refractivity (Wildman–Crippen MR) is 62.8 cm³/mol. The highest BCUT2D eigenvalue weighted by Gasteiger charge is 2.06. The molecule has 14 heavy (non-hydrogen) atoms. The number of carbonyl (C=O) groups excluding carboxylic acids is 1. The van der Waals surface area contributed by atoms with Crippen molar-refractivity contribution in [2.45, 2.75) is 6.92 Å². The number of rotatable bonds is 5. The Morgan fingerprint density at radius 1 is 1.64 bits per heavy atom. The SMILES string of the molecule is CCS/C(=C/C(=O)c1ccco1)SC. The van der Waals surface area contributed by atoms with Crippen LogP contribution in [0.5, 0.6) is 0 Å². The summed E-state index contributed by atoms with van der Waals surface area (Å²) in [6.45, 7) is 2.06. The van der Waals surface area contributed by atoms with Gasteiger partial charge in [0.15, 0.2) is 5.76 Å². The molecule has 1 aromatic heterocycles. The summed E-state index contributed by atoms with van der Waals surface area (Å²) in [6.07, 6.45) is 5.09. The summed E-state index contributed by atoms with van der Waals surface area (Å²) < 4.78 is 6.03. The predicted octanol–water partition coefficient (Wildman–Crippen LogP) is 3.42. The van der Waals surface area contributed by atoms with Gasteiger partial charge in [-0.05, 0) is 24.1 Å². The van der Waals surface area contributed by atoms with Gasteiger partial charge >= 0.3 is 0 Å². The molecule has 0 aliphatic heterocycles. The van der Waals surface area contributed by atoms with Gasteiger partial charge in [-0.3, -0.25) is 4.79 Å². The Hall–Kier alpha value is -0.610. The largest absolute Gasteiger partial charge is 0.461 e. The molecule has 0 radical (unpaired) electrons. The minimum absolute atomic E-state index is 0.0692. The third-order valence-electron chi connectivity index (χ3n) is 1.50. The Balaban J connectivity index is 2.70. The van der Waals surface area contributed by atoms with Gasteiger partial charge in [0.05, 0.1) is 6.26 Å². The maximum Gasteiger partial charge on any atom is 0.222 e. The third kappa shape index (κ3) is 3.27. The molecule has 0 aliphatic rings. The zero-order valence-electron chi connectivity index (χ0n) is 8.15. The van der Waals surface area contributed by atoms with E-state index in [0.29, 0.717) is 5.76 Å². The van der Waals surface area contributed by atoms with E-state index in [9.17, 15) is 4.79 Å². The molecule has 0 aromatic carbocycles. The number of thioether (sulfide) groups is 2. The summed E-state index contributed by atoms with van der Waals surface area (Å²) in [5.74, 6) is 1.30. The minimum atomic E-state index is -0.0692. The van der Waals surface area contributed by atoms with Gasteiger partial charge < -0.3 is 4.42 Å². The lowest BCUT2D eigenvalue weighted by molar-refractivity contribution is 0.102. The molecule has 4 heteroatoms. The second kappa shape index (κ2) is 5.98. The van der Waals surface area contributed by atoms with E-state index in [1.807, 2.05) is 6.26 Å². The van der Waals surface area contributed by atoms with Gasteiger partial charge in [0, 0.05) is 10.3 Å². The van der Waals surface area contributed by atoms with Gasteiger partial charge in [-0.25, -0.2) is 0 Å². The van der Waals surface area contributed by atoms with Gasteiger partial charge in [0.25, 0.3) is 0 Å². The molecule has 0 saturated heterocycles. The zero-order chi connectivity index (χ0) is 10.4. The molecule has 0 aliphatic carbocycles. The second-order valence-corrected chi connectivity index (χ2v) is 4.85. The van der Waals surface area contributed by atoms with Gasteiger partial charge in [-0.2, -0.15) is 0 Å². The molecule has 1 heterocycles. The lowest BCUT2D eigenvalue weighted by Gasteiger charge is -1.99. The Bertz CT molecular complexity index is 315. The molecule has 0 saturated carbocycles. The zero-order valence-corrected chi connectivity index (χ0v) is 9.78. The summed E-state index contributed by atoms with van der Waals surface area (Å²) >= 11 is 3.25. The van der Waals surface area contributed by atoms with E-state index in [2.05, 4.69) is 6.92 Å². The highest BCUT2D eigenvalue weighted by atomic mass is 32.2. The maximum atomic E-state index is 11.6. The van der Waals surface area contributed by atoms with E-state index in [4.69, 9.17) is 4.42 Å². The average Bonchev–Trinajstić information content (AvgIpc) is 2.69. The van der Waals surface area contributed by atoms with Crippen LogP contribution >= 0.6 is 23.5 Å². The molecular weight excluding hydrogens is 216 g/mol. The van der Waals surface area contributed by atoms with Crippen molar-refractivity contribution in [1.82, 2.24) is 0 Å². The van der Waals surface area contributed by atoms with E-state index in [0.717, 1.165) is 9.99 Å². The Kier molecular flexibility index (Phi) is 4.90. The normalized spacial score (nSPS) is 11.7. The Labute approximate surface area is 92.1 Å². The van der Waals surface area contributed by atoms with Crippen molar-refractivity contribution in [1.29, 1.82) is 0 Å². The second-order valence-electron chi connectivity index (χ2n) is 2.44. The molecule has 0 N–H and O–H groups in total. The standard InChI is InChI=1S/C10H12O2S2/c1-3-14-10(13-2)7-8(11)9-5-4-6-12-9/h4-7H,3H2,1-2H3/b10-7+. The van der Waals surface area contributed by atoms with Gasteiger partial charge in [-0.15, -0.1) is 23.5 Å². The van der Waals surface area contributed by atoms with Crippen LogP contribution in [0.3, 0.4) is 0 Å². The molecular formula is C10H12O2S2. The lowest BCUT2D eigenvalue weighted by atomic mass is 10.3. The summed E-state index contributed by atoms with van der Waals surface area (Å²) in [5, 5.41) is 0. The molecule has 1 rings (SSSR count). The van der Waals surface area contributed by atoms with Crippen LogP contribution in [0.25, 0.3) is 0 Å². The fourth-order valence-electron chi connectivity index (χ4n) is 0.899. The van der Waals surface area contributed by atoms with Crippen LogP contribution in [0.15, 0.2) is 33.1 Å². The molecule has 2 nitrogen and oxygen atoms in total. The van der Waals surface area contributed by atoms with Crippen LogP contribution in [0.2, 0.25) is 0 Å². The Morgan fingerprint density at radius 2 is 2.43 bits per heavy atom. The molecule has 0 fully saturated rings. The first-order valence-corrected chi connectivity index (χ1v) is 6.45. The van der Waals surface area contributed by atoms with Crippen molar-refractivity contribution < 1.29 is 9.21 Å². The third-order valence-corrected chi connectivity index (χ3v) is 3.57. The first kappa shape index (κ1) is 11.5. The van der Waals surface area contributed by atoms with Crippen molar-refractivity contribution >= 4 is 29.3 Å².